The second kappa shape index (κ2) is 12.1. The molecule has 0 amide bonds. The molecule has 0 radical (unpaired) electrons. The predicted octanol–water partition coefficient (Wildman–Crippen LogP) is 4.30. The number of hydrogen-bond donors (Lipinski definition) is 1. The monoisotopic (exact) mass is 435 g/mol. The highest BCUT2D eigenvalue weighted by atomic mass is 16.6. The van der Waals surface area contributed by atoms with Crippen molar-refractivity contribution in [2.45, 2.75) is 13.2 Å². The van der Waals surface area contributed by atoms with Gasteiger partial charge in [0.25, 0.3) is 0 Å². The number of carboxylic acids is 1. The second-order valence-electron chi connectivity index (χ2n) is 6.84. The first-order valence-corrected chi connectivity index (χ1v) is 10.0. The Labute approximate surface area is 186 Å². The van der Waals surface area contributed by atoms with E-state index in [0.29, 0.717) is 12.3 Å². The van der Waals surface area contributed by atoms with E-state index in [1.165, 1.54) is 7.11 Å². The number of ether oxygens (including phenoxy) is 3. The van der Waals surface area contributed by atoms with E-state index in [-0.39, 0.29) is 19.8 Å². The number of rotatable bonds is 12. The molecule has 7 nitrogen and oxygen atoms in total. The number of nitrogens with zero attached hydrogens (tertiary/aromatic N) is 1. The Hall–Kier alpha value is -3.84. The third-order valence-electron chi connectivity index (χ3n) is 4.43. The molecular formula is C25H25NO6. The third kappa shape index (κ3) is 7.45. The summed E-state index contributed by atoms with van der Waals surface area (Å²) in [6.45, 7) is 0.631. The highest BCUT2D eigenvalue weighted by molar-refractivity contribution is 6.01. The van der Waals surface area contributed by atoms with Gasteiger partial charge in [0.2, 0.25) is 0 Å². The fourth-order valence-corrected chi connectivity index (χ4v) is 2.84. The van der Waals surface area contributed by atoms with Gasteiger partial charge in [0.15, 0.2) is 0 Å². The van der Waals surface area contributed by atoms with Crippen molar-refractivity contribution in [3.63, 3.8) is 0 Å². The molecule has 0 fully saturated rings. The van der Waals surface area contributed by atoms with E-state index in [9.17, 15) is 4.79 Å². The lowest BCUT2D eigenvalue weighted by molar-refractivity contribution is -0.142. The molecule has 3 aromatic rings. The van der Waals surface area contributed by atoms with Crippen molar-refractivity contribution in [3.05, 3.63) is 95.6 Å². The number of hydrogen-bond acceptors (Lipinski definition) is 6. The van der Waals surface area contributed by atoms with Crippen LogP contribution in [0.25, 0.3) is 0 Å². The van der Waals surface area contributed by atoms with Crippen molar-refractivity contribution in [2.75, 3.05) is 20.3 Å². The van der Waals surface area contributed by atoms with Gasteiger partial charge >= 0.3 is 5.97 Å². The molecule has 0 spiro atoms. The zero-order valence-electron chi connectivity index (χ0n) is 17.8. The lowest BCUT2D eigenvalue weighted by Crippen LogP contribution is -2.13. The van der Waals surface area contributed by atoms with Gasteiger partial charge in [-0.25, -0.2) is 4.79 Å². The third-order valence-corrected chi connectivity index (χ3v) is 4.43. The first-order valence-electron chi connectivity index (χ1n) is 10.0. The van der Waals surface area contributed by atoms with Crippen LogP contribution in [0.2, 0.25) is 0 Å². The van der Waals surface area contributed by atoms with E-state index < -0.39 is 5.97 Å². The van der Waals surface area contributed by atoms with E-state index in [1.807, 2.05) is 78.9 Å². The van der Waals surface area contributed by atoms with Crippen LogP contribution in [0.15, 0.2) is 84.0 Å². The predicted molar refractivity (Wildman–Crippen MR) is 120 cm³/mol. The number of oxime groups is 1. The maximum Gasteiger partial charge on any atom is 0.329 e. The molecule has 0 saturated carbocycles. The largest absolute Gasteiger partial charge is 0.489 e. The molecular weight excluding hydrogens is 410 g/mol. The smallest absolute Gasteiger partial charge is 0.329 e. The molecule has 0 aliphatic rings. The Morgan fingerprint density at radius 2 is 1.38 bits per heavy atom. The van der Waals surface area contributed by atoms with Gasteiger partial charge < -0.3 is 24.2 Å². The van der Waals surface area contributed by atoms with Gasteiger partial charge in [0.1, 0.15) is 44.1 Å². The van der Waals surface area contributed by atoms with E-state index in [0.717, 1.165) is 28.2 Å². The highest BCUT2D eigenvalue weighted by Gasteiger charge is 2.06. The molecule has 0 atom stereocenters. The maximum absolute atomic E-state index is 10.5. The minimum atomic E-state index is -0.985. The van der Waals surface area contributed by atoms with E-state index in [1.54, 1.807) is 0 Å². The minimum Gasteiger partial charge on any atom is -0.489 e. The molecule has 32 heavy (non-hydrogen) atoms. The standard InChI is InChI=1S/C25H25NO6/c1-29-26-24(21-5-3-2-4-6-21)17-32-23-13-9-20(10-14-23)16-31-22-11-7-19(8-12-22)15-30-18-25(27)28/h2-14H,15-18H2,1H3,(H,27,28)/b26-24-. The fraction of sp³-hybridized carbons (Fsp3) is 0.200. The highest BCUT2D eigenvalue weighted by Crippen LogP contribution is 2.17. The van der Waals surface area contributed by atoms with Crippen LogP contribution in [0.4, 0.5) is 0 Å². The molecule has 7 heteroatoms. The molecule has 0 unspecified atom stereocenters. The molecule has 0 aliphatic carbocycles. The molecule has 0 saturated heterocycles. The summed E-state index contributed by atoms with van der Waals surface area (Å²) < 4.78 is 16.7. The fourth-order valence-electron chi connectivity index (χ4n) is 2.84. The van der Waals surface area contributed by atoms with Gasteiger partial charge in [0.05, 0.1) is 6.61 Å². The molecule has 0 aromatic heterocycles. The van der Waals surface area contributed by atoms with Crippen LogP contribution in [0.5, 0.6) is 11.5 Å². The van der Waals surface area contributed by atoms with Gasteiger partial charge in [-0.15, -0.1) is 0 Å². The lowest BCUT2D eigenvalue weighted by atomic mass is 10.1. The van der Waals surface area contributed by atoms with Crippen molar-refractivity contribution < 1.29 is 28.9 Å². The Morgan fingerprint density at radius 1 is 0.781 bits per heavy atom. The summed E-state index contributed by atoms with van der Waals surface area (Å²) in [4.78, 5) is 15.4. The summed E-state index contributed by atoms with van der Waals surface area (Å²) in [5.74, 6) is 0.455. The number of carboxylic acid groups (broad SMARTS) is 1. The summed E-state index contributed by atoms with van der Waals surface area (Å²) >= 11 is 0. The number of aliphatic carboxylic acids is 1. The molecule has 3 rings (SSSR count). The molecule has 0 heterocycles. The Bertz CT molecular complexity index is 1000. The Kier molecular flexibility index (Phi) is 8.65. The zero-order valence-corrected chi connectivity index (χ0v) is 17.8. The summed E-state index contributed by atoms with van der Waals surface area (Å²) in [7, 11) is 1.51. The Balaban J connectivity index is 1.47. The topological polar surface area (TPSA) is 86.6 Å². The summed E-state index contributed by atoms with van der Waals surface area (Å²) in [6, 6.07) is 24.8. The minimum absolute atomic E-state index is 0.245. The van der Waals surface area contributed by atoms with Gasteiger partial charge in [-0.1, -0.05) is 59.8 Å². The molecule has 0 aliphatic heterocycles. The van der Waals surface area contributed by atoms with Crippen LogP contribution in [0.1, 0.15) is 16.7 Å². The van der Waals surface area contributed by atoms with Gasteiger partial charge in [-0.2, -0.15) is 0 Å². The Morgan fingerprint density at radius 3 is 1.97 bits per heavy atom. The van der Waals surface area contributed by atoms with Crippen molar-refractivity contribution in [1.29, 1.82) is 0 Å². The quantitative estimate of drug-likeness (QED) is 0.337. The van der Waals surface area contributed by atoms with Gasteiger partial charge in [-0.3, -0.25) is 0 Å². The SMILES string of the molecule is CO/N=C(/COc1ccc(COc2ccc(COCC(=O)O)cc2)cc1)c1ccccc1. The average molecular weight is 435 g/mol. The van der Waals surface area contributed by atoms with Crippen molar-refractivity contribution >= 4 is 11.7 Å². The first-order chi connectivity index (χ1) is 15.6. The van der Waals surface area contributed by atoms with Gasteiger partial charge in [0, 0.05) is 5.56 Å². The number of carbonyl (C=O) groups is 1. The lowest BCUT2D eigenvalue weighted by Gasteiger charge is -2.10. The van der Waals surface area contributed by atoms with Crippen molar-refractivity contribution in [2.24, 2.45) is 5.16 Å². The van der Waals surface area contributed by atoms with Gasteiger partial charge in [-0.05, 0) is 35.4 Å². The normalized spacial score (nSPS) is 11.1. The van der Waals surface area contributed by atoms with Crippen LogP contribution in [0.3, 0.4) is 0 Å². The number of benzene rings is 3. The van der Waals surface area contributed by atoms with Crippen LogP contribution >= 0.6 is 0 Å². The van der Waals surface area contributed by atoms with E-state index >= 15 is 0 Å². The van der Waals surface area contributed by atoms with Crippen LogP contribution < -0.4 is 9.47 Å². The van der Waals surface area contributed by atoms with Crippen molar-refractivity contribution in [1.82, 2.24) is 0 Å². The summed E-state index contributed by atoms with van der Waals surface area (Å²) in [5, 5.41) is 12.6. The van der Waals surface area contributed by atoms with Crippen LogP contribution in [0, 0.1) is 0 Å². The maximum atomic E-state index is 10.5. The van der Waals surface area contributed by atoms with Crippen LogP contribution in [-0.4, -0.2) is 37.1 Å². The molecule has 3 aromatic carbocycles. The van der Waals surface area contributed by atoms with Crippen molar-refractivity contribution in [3.8, 4) is 11.5 Å². The van der Waals surface area contributed by atoms with E-state index in [4.69, 9.17) is 24.2 Å². The average Bonchev–Trinajstić information content (AvgIpc) is 2.82. The molecule has 166 valence electrons. The van der Waals surface area contributed by atoms with Crippen LogP contribution in [-0.2, 0) is 27.6 Å². The summed E-state index contributed by atoms with van der Waals surface area (Å²) in [5.41, 5.74) is 3.53. The zero-order chi connectivity index (χ0) is 22.6. The summed E-state index contributed by atoms with van der Waals surface area (Å²) in [6.07, 6.45) is 0. The molecule has 1 N–H and O–H groups in total. The van der Waals surface area contributed by atoms with E-state index in [2.05, 4.69) is 5.16 Å². The first kappa shape index (κ1) is 22.8. The second-order valence-corrected chi connectivity index (χ2v) is 6.84. The molecule has 0 bridgehead atoms.